The predicted octanol–water partition coefficient (Wildman–Crippen LogP) is 2.53. The summed E-state index contributed by atoms with van der Waals surface area (Å²) in [5.74, 6) is -0.780. The van der Waals surface area contributed by atoms with Crippen LogP contribution in [-0.2, 0) is 4.79 Å². The predicted molar refractivity (Wildman–Crippen MR) is 102 cm³/mol. The topological polar surface area (TPSA) is 110 Å². The van der Waals surface area contributed by atoms with Crippen LogP contribution in [0.15, 0.2) is 12.1 Å². The fourth-order valence-electron chi connectivity index (χ4n) is 3.41. The Morgan fingerprint density at radius 1 is 1.15 bits per heavy atom. The zero-order valence-corrected chi connectivity index (χ0v) is 16.2. The summed E-state index contributed by atoms with van der Waals surface area (Å²) >= 11 is 0. The molecule has 1 aliphatic rings. The number of carboxylic acid groups (broad SMARTS) is 1. The molecule has 1 heterocycles. The van der Waals surface area contributed by atoms with Gasteiger partial charge in [-0.1, -0.05) is 13.8 Å². The molecule has 1 amide bonds. The highest BCUT2D eigenvalue weighted by atomic mass is 16.4. The summed E-state index contributed by atoms with van der Waals surface area (Å²) in [6.07, 6.45) is 2.58. The van der Waals surface area contributed by atoms with E-state index in [-0.39, 0.29) is 28.9 Å². The molecule has 7 heteroatoms. The van der Waals surface area contributed by atoms with Crippen molar-refractivity contribution in [3.8, 4) is 11.5 Å². The number of nitrogens with one attached hydrogen (secondary N) is 1. The van der Waals surface area contributed by atoms with Gasteiger partial charge in [-0.3, -0.25) is 9.59 Å². The van der Waals surface area contributed by atoms with E-state index < -0.39 is 12.0 Å². The zero-order valence-electron chi connectivity index (χ0n) is 16.2. The molecule has 7 nitrogen and oxygen atoms in total. The highest BCUT2D eigenvalue weighted by molar-refractivity contribution is 5.97. The molecule has 1 aromatic carbocycles. The standard InChI is InChI=1S/C20H30N2O5/c1-12(2)15-10-16(18(24)11-17(15)23)19(25)22-8-5-14(6-9-22)4-7-21-13(3)20(26)27/h10-14,21,23-24H,4-9H2,1-3H3,(H,26,27)/t13-/m0/s1. The molecule has 1 aromatic rings. The van der Waals surface area contributed by atoms with Gasteiger partial charge in [-0.2, -0.15) is 0 Å². The van der Waals surface area contributed by atoms with E-state index in [1.54, 1.807) is 17.9 Å². The quantitative estimate of drug-likeness (QED) is 0.580. The van der Waals surface area contributed by atoms with E-state index in [1.165, 1.54) is 6.07 Å². The summed E-state index contributed by atoms with van der Waals surface area (Å²) in [6.45, 7) is 7.32. The molecule has 0 saturated carbocycles. The molecule has 1 fully saturated rings. The van der Waals surface area contributed by atoms with Crippen molar-refractivity contribution in [2.75, 3.05) is 19.6 Å². The lowest BCUT2D eigenvalue weighted by atomic mass is 9.92. The number of rotatable bonds is 7. The fraction of sp³-hybridized carbons (Fsp3) is 0.600. The monoisotopic (exact) mass is 378 g/mol. The maximum Gasteiger partial charge on any atom is 0.320 e. The maximum absolute atomic E-state index is 12.8. The number of phenols is 2. The van der Waals surface area contributed by atoms with Gasteiger partial charge in [0.1, 0.15) is 17.5 Å². The van der Waals surface area contributed by atoms with Crippen molar-refractivity contribution >= 4 is 11.9 Å². The summed E-state index contributed by atoms with van der Waals surface area (Å²) < 4.78 is 0. The number of aliphatic carboxylic acids is 1. The molecule has 1 atom stereocenters. The molecule has 0 aromatic heterocycles. The van der Waals surface area contributed by atoms with Crippen molar-refractivity contribution < 1.29 is 24.9 Å². The van der Waals surface area contributed by atoms with Crippen LogP contribution in [0.1, 0.15) is 61.9 Å². The minimum absolute atomic E-state index is 0.000785. The number of hydrogen-bond donors (Lipinski definition) is 4. The van der Waals surface area contributed by atoms with Gasteiger partial charge in [-0.25, -0.2) is 0 Å². The van der Waals surface area contributed by atoms with Gasteiger partial charge in [-0.05, 0) is 56.2 Å². The van der Waals surface area contributed by atoms with Gasteiger partial charge in [0.15, 0.2) is 0 Å². The Morgan fingerprint density at radius 2 is 1.78 bits per heavy atom. The van der Waals surface area contributed by atoms with Crippen LogP contribution >= 0.6 is 0 Å². The van der Waals surface area contributed by atoms with Gasteiger partial charge in [0, 0.05) is 19.2 Å². The molecule has 1 aliphatic heterocycles. The average molecular weight is 378 g/mol. The molecule has 150 valence electrons. The van der Waals surface area contributed by atoms with Gasteiger partial charge >= 0.3 is 5.97 Å². The normalized spacial score (nSPS) is 16.5. The number of carboxylic acids is 1. The minimum atomic E-state index is -0.857. The maximum atomic E-state index is 12.8. The van der Waals surface area contributed by atoms with E-state index in [0.29, 0.717) is 31.1 Å². The Balaban J connectivity index is 1.91. The second-order valence-electron chi connectivity index (χ2n) is 7.62. The Labute approximate surface area is 160 Å². The number of amides is 1. The second-order valence-corrected chi connectivity index (χ2v) is 7.62. The van der Waals surface area contributed by atoms with Crippen molar-refractivity contribution in [1.82, 2.24) is 10.2 Å². The van der Waals surface area contributed by atoms with Crippen LogP contribution < -0.4 is 5.32 Å². The van der Waals surface area contributed by atoms with E-state index in [2.05, 4.69) is 5.32 Å². The van der Waals surface area contributed by atoms with E-state index in [4.69, 9.17) is 5.11 Å². The van der Waals surface area contributed by atoms with E-state index >= 15 is 0 Å². The number of benzene rings is 1. The van der Waals surface area contributed by atoms with Crippen LogP contribution in [0.4, 0.5) is 0 Å². The van der Waals surface area contributed by atoms with Crippen LogP contribution in [-0.4, -0.2) is 57.8 Å². The Bertz CT molecular complexity index is 681. The molecule has 27 heavy (non-hydrogen) atoms. The molecule has 0 spiro atoms. The molecule has 1 saturated heterocycles. The molecule has 2 rings (SSSR count). The number of phenolic OH excluding ortho intramolecular Hbond substituents is 2. The number of aromatic hydroxyl groups is 2. The molecule has 0 aliphatic carbocycles. The van der Waals surface area contributed by atoms with Gasteiger partial charge in [-0.15, -0.1) is 0 Å². The first-order valence-electron chi connectivity index (χ1n) is 9.52. The highest BCUT2D eigenvalue weighted by Crippen LogP contribution is 2.33. The van der Waals surface area contributed by atoms with Crippen molar-refractivity contribution in [3.63, 3.8) is 0 Å². The summed E-state index contributed by atoms with van der Waals surface area (Å²) in [7, 11) is 0. The van der Waals surface area contributed by atoms with Crippen molar-refractivity contribution in [3.05, 3.63) is 23.3 Å². The third-order valence-electron chi connectivity index (χ3n) is 5.27. The lowest BCUT2D eigenvalue weighted by Crippen LogP contribution is -2.40. The van der Waals surface area contributed by atoms with Crippen molar-refractivity contribution in [2.24, 2.45) is 5.92 Å². The van der Waals surface area contributed by atoms with Gasteiger partial charge in [0.2, 0.25) is 0 Å². The first-order valence-corrected chi connectivity index (χ1v) is 9.52. The fourth-order valence-corrected chi connectivity index (χ4v) is 3.41. The molecule has 0 unspecified atom stereocenters. The number of hydrogen-bond acceptors (Lipinski definition) is 5. The van der Waals surface area contributed by atoms with Crippen molar-refractivity contribution in [1.29, 1.82) is 0 Å². The Kier molecular flexibility index (Phi) is 7.07. The number of likely N-dealkylation sites (tertiary alicyclic amines) is 1. The van der Waals surface area contributed by atoms with Crippen LogP contribution in [0.25, 0.3) is 0 Å². The van der Waals surface area contributed by atoms with Crippen LogP contribution in [0, 0.1) is 5.92 Å². The minimum Gasteiger partial charge on any atom is -0.508 e. The van der Waals surface area contributed by atoms with E-state index in [1.807, 2.05) is 13.8 Å². The highest BCUT2D eigenvalue weighted by Gasteiger charge is 2.26. The molecule has 4 N–H and O–H groups in total. The zero-order chi connectivity index (χ0) is 20.1. The summed E-state index contributed by atoms with van der Waals surface area (Å²) in [5, 5.41) is 31.9. The number of carbonyl (C=O) groups excluding carboxylic acids is 1. The molecule has 0 bridgehead atoms. The SMILES string of the molecule is CC(C)c1cc(C(=O)N2CCC(CCN[C@@H](C)C(=O)O)CC2)c(O)cc1O. The van der Waals surface area contributed by atoms with Crippen LogP contribution in [0.5, 0.6) is 11.5 Å². The van der Waals surface area contributed by atoms with Crippen LogP contribution in [0.2, 0.25) is 0 Å². The number of piperidine rings is 1. The Morgan fingerprint density at radius 3 is 2.33 bits per heavy atom. The van der Waals surface area contributed by atoms with Gasteiger partial charge < -0.3 is 25.5 Å². The molecular formula is C20H30N2O5. The first-order chi connectivity index (χ1) is 12.7. The summed E-state index contributed by atoms with van der Waals surface area (Å²) in [5.41, 5.74) is 0.872. The van der Waals surface area contributed by atoms with Gasteiger partial charge in [0.05, 0.1) is 5.56 Å². The van der Waals surface area contributed by atoms with Crippen molar-refractivity contribution in [2.45, 2.75) is 52.0 Å². The second kappa shape index (κ2) is 9.08. The Hall–Kier alpha value is -2.28. The largest absolute Gasteiger partial charge is 0.508 e. The van der Waals surface area contributed by atoms with Gasteiger partial charge in [0.25, 0.3) is 5.91 Å². The third-order valence-corrected chi connectivity index (χ3v) is 5.27. The molecule has 0 radical (unpaired) electrons. The van der Waals surface area contributed by atoms with E-state index in [0.717, 1.165) is 19.3 Å². The third kappa shape index (κ3) is 5.35. The summed E-state index contributed by atoms with van der Waals surface area (Å²) in [6, 6.07) is 2.27. The summed E-state index contributed by atoms with van der Waals surface area (Å²) in [4.78, 5) is 25.3. The number of carbonyl (C=O) groups is 2. The molecular weight excluding hydrogens is 348 g/mol. The first kappa shape index (κ1) is 21.0. The lowest BCUT2D eigenvalue weighted by molar-refractivity contribution is -0.139. The smallest absolute Gasteiger partial charge is 0.320 e. The average Bonchev–Trinajstić information content (AvgIpc) is 2.61. The number of nitrogens with zero attached hydrogens (tertiary/aromatic N) is 1. The van der Waals surface area contributed by atoms with Crippen LogP contribution in [0.3, 0.4) is 0 Å². The van der Waals surface area contributed by atoms with E-state index in [9.17, 15) is 19.8 Å². The lowest BCUT2D eigenvalue weighted by Gasteiger charge is -2.32.